The van der Waals surface area contributed by atoms with Crippen molar-refractivity contribution in [3.05, 3.63) is 0 Å². The molecular formula is C10H17NO3. The average Bonchev–Trinajstić information content (AvgIpc) is 2.10. The van der Waals surface area contributed by atoms with Gasteiger partial charge < -0.3 is 14.6 Å². The predicted molar refractivity (Wildman–Crippen MR) is 50.3 cm³/mol. The summed E-state index contributed by atoms with van der Waals surface area (Å²) in [5, 5.41) is 17.5. The maximum atomic E-state index is 8.87. The molecule has 4 heteroatoms. The van der Waals surface area contributed by atoms with Crippen molar-refractivity contribution in [1.29, 1.82) is 5.26 Å². The molecule has 0 radical (unpaired) electrons. The van der Waals surface area contributed by atoms with E-state index in [1.807, 2.05) is 13.8 Å². The first-order valence-electron chi connectivity index (χ1n) is 4.88. The first kappa shape index (κ1) is 11.4. The number of rotatable bonds is 3. The molecule has 0 spiro atoms. The van der Waals surface area contributed by atoms with Gasteiger partial charge in [0, 0.05) is 18.9 Å². The lowest BCUT2D eigenvalue weighted by molar-refractivity contribution is -0.294. The van der Waals surface area contributed by atoms with Crippen molar-refractivity contribution in [3.8, 4) is 6.07 Å². The molecule has 0 aliphatic carbocycles. The Morgan fingerprint density at radius 2 is 2.29 bits per heavy atom. The predicted octanol–water partition coefficient (Wildman–Crippen LogP) is 1.05. The van der Waals surface area contributed by atoms with Gasteiger partial charge in [0.2, 0.25) is 0 Å². The van der Waals surface area contributed by atoms with Crippen molar-refractivity contribution in [2.45, 2.75) is 38.6 Å². The van der Waals surface area contributed by atoms with Gasteiger partial charge in [-0.05, 0) is 20.3 Å². The quantitative estimate of drug-likeness (QED) is 0.738. The number of aliphatic hydroxyl groups is 1. The maximum Gasteiger partial charge on any atom is 0.163 e. The molecule has 1 rings (SSSR count). The van der Waals surface area contributed by atoms with Crippen molar-refractivity contribution in [2.75, 3.05) is 13.2 Å². The van der Waals surface area contributed by atoms with E-state index in [4.69, 9.17) is 19.8 Å². The highest BCUT2D eigenvalue weighted by atomic mass is 16.7. The monoisotopic (exact) mass is 199 g/mol. The zero-order valence-electron chi connectivity index (χ0n) is 8.69. The normalized spacial score (nSPS) is 31.0. The summed E-state index contributed by atoms with van der Waals surface area (Å²) in [6.07, 6.45) is 0.920. The second-order valence-corrected chi connectivity index (χ2v) is 4.00. The Labute approximate surface area is 84.4 Å². The minimum Gasteiger partial charge on any atom is -0.396 e. The number of nitrogens with zero attached hydrogens (tertiary/aromatic N) is 1. The van der Waals surface area contributed by atoms with Crippen LogP contribution in [0.4, 0.5) is 0 Å². The molecular weight excluding hydrogens is 182 g/mol. The van der Waals surface area contributed by atoms with Crippen LogP contribution in [0.5, 0.6) is 0 Å². The standard InChI is InChI=1S/C10H17NO3/c1-10(2)13-7-8(3-5-11)9(14-10)4-6-12/h8-9,12H,3-4,6-7H2,1-2H3/t8-,9-/m1/s1. The first-order chi connectivity index (χ1) is 6.59. The van der Waals surface area contributed by atoms with Crippen LogP contribution in [0.3, 0.4) is 0 Å². The van der Waals surface area contributed by atoms with E-state index in [-0.39, 0.29) is 18.6 Å². The molecule has 4 nitrogen and oxygen atoms in total. The van der Waals surface area contributed by atoms with Crippen LogP contribution < -0.4 is 0 Å². The van der Waals surface area contributed by atoms with E-state index in [2.05, 4.69) is 6.07 Å². The van der Waals surface area contributed by atoms with Crippen LogP contribution in [0.25, 0.3) is 0 Å². The summed E-state index contributed by atoms with van der Waals surface area (Å²) < 4.78 is 11.1. The van der Waals surface area contributed by atoms with Crippen molar-refractivity contribution in [2.24, 2.45) is 5.92 Å². The Bertz CT molecular complexity index is 222. The fourth-order valence-electron chi connectivity index (χ4n) is 1.64. The zero-order valence-corrected chi connectivity index (χ0v) is 8.69. The minimum atomic E-state index is -0.591. The van der Waals surface area contributed by atoms with E-state index in [1.165, 1.54) is 0 Å². The van der Waals surface area contributed by atoms with Crippen LogP contribution in [0.1, 0.15) is 26.7 Å². The topological polar surface area (TPSA) is 62.5 Å². The highest BCUT2D eigenvalue weighted by molar-refractivity contribution is 4.84. The molecule has 2 atom stereocenters. The van der Waals surface area contributed by atoms with Crippen molar-refractivity contribution >= 4 is 0 Å². The minimum absolute atomic E-state index is 0.0663. The molecule has 0 amide bonds. The molecule has 0 saturated carbocycles. The average molecular weight is 199 g/mol. The molecule has 14 heavy (non-hydrogen) atoms. The highest BCUT2D eigenvalue weighted by Gasteiger charge is 2.35. The van der Waals surface area contributed by atoms with Gasteiger partial charge >= 0.3 is 0 Å². The lowest BCUT2D eigenvalue weighted by Gasteiger charge is -2.40. The first-order valence-corrected chi connectivity index (χ1v) is 4.88. The van der Waals surface area contributed by atoms with Gasteiger partial charge in [0.05, 0.1) is 18.8 Å². The maximum absolute atomic E-state index is 8.87. The molecule has 0 aromatic rings. The summed E-state index contributed by atoms with van der Waals surface area (Å²) in [6.45, 7) is 4.31. The van der Waals surface area contributed by atoms with Gasteiger partial charge in [-0.2, -0.15) is 5.26 Å². The molecule has 0 aromatic heterocycles. The zero-order chi connectivity index (χ0) is 10.6. The van der Waals surface area contributed by atoms with Crippen LogP contribution in [0.15, 0.2) is 0 Å². The van der Waals surface area contributed by atoms with Crippen molar-refractivity contribution < 1.29 is 14.6 Å². The molecule has 80 valence electrons. The largest absolute Gasteiger partial charge is 0.396 e. The van der Waals surface area contributed by atoms with Gasteiger partial charge in [0.15, 0.2) is 5.79 Å². The van der Waals surface area contributed by atoms with E-state index in [9.17, 15) is 0 Å². The Morgan fingerprint density at radius 1 is 1.57 bits per heavy atom. The molecule has 1 heterocycles. The van der Waals surface area contributed by atoms with Gasteiger partial charge in [-0.1, -0.05) is 0 Å². The Kier molecular flexibility index (Phi) is 3.87. The van der Waals surface area contributed by atoms with E-state index < -0.39 is 5.79 Å². The SMILES string of the molecule is CC1(C)OC[C@@H](CC#N)[C@@H](CCO)O1. The Morgan fingerprint density at radius 3 is 2.86 bits per heavy atom. The van der Waals surface area contributed by atoms with Crippen LogP contribution in [0.2, 0.25) is 0 Å². The third-order valence-electron chi connectivity index (χ3n) is 2.37. The van der Waals surface area contributed by atoms with E-state index in [0.29, 0.717) is 19.4 Å². The lowest BCUT2D eigenvalue weighted by atomic mass is 9.96. The van der Waals surface area contributed by atoms with Gasteiger partial charge in [-0.3, -0.25) is 0 Å². The molecule has 1 saturated heterocycles. The fourth-order valence-corrected chi connectivity index (χ4v) is 1.64. The molecule has 0 bridgehead atoms. The van der Waals surface area contributed by atoms with E-state index in [0.717, 1.165) is 0 Å². The third kappa shape index (κ3) is 2.95. The number of hydrogen-bond acceptors (Lipinski definition) is 4. The summed E-state index contributed by atoms with van der Waals surface area (Å²) in [7, 11) is 0. The number of hydrogen-bond donors (Lipinski definition) is 1. The summed E-state index contributed by atoms with van der Waals surface area (Å²) in [5.41, 5.74) is 0. The summed E-state index contributed by atoms with van der Waals surface area (Å²) in [4.78, 5) is 0. The summed E-state index contributed by atoms with van der Waals surface area (Å²) in [6, 6.07) is 2.11. The second kappa shape index (κ2) is 4.74. The van der Waals surface area contributed by atoms with Crippen LogP contribution in [0, 0.1) is 17.2 Å². The van der Waals surface area contributed by atoms with Gasteiger partial charge in [-0.15, -0.1) is 0 Å². The molecule has 0 aromatic carbocycles. The Balaban J connectivity index is 2.57. The molecule has 1 aliphatic rings. The summed E-state index contributed by atoms with van der Waals surface area (Å²) >= 11 is 0. The van der Waals surface area contributed by atoms with Crippen LogP contribution in [-0.4, -0.2) is 30.2 Å². The van der Waals surface area contributed by atoms with Gasteiger partial charge in [0.1, 0.15) is 0 Å². The van der Waals surface area contributed by atoms with Crippen LogP contribution in [-0.2, 0) is 9.47 Å². The second-order valence-electron chi connectivity index (χ2n) is 4.00. The highest BCUT2D eigenvalue weighted by Crippen LogP contribution is 2.29. The fraction of sp³-hybridized carbons (Fsp3) is 0.900. The van der Waals surface area contributed by atoms with Gasteiger partial charge in [-0.25, -0.2) is 0 Å². The number of nitriles is 1. The lowest BCUT2D eigenvalue weighted by Crippen LogP contribution is -2.45. The van der Waals surface area contributed by atoms with Crippen LogP contribution >= 0.6 is 0 Å². The van der Waals surface area contributed by atoms with Gasteiger partial charge in [0.25, 0.3) is 0 Å². The summed E-state index contributed by atoms with van der Waals surface area (Å²) in [5.74, 6) is -0.508. The van der Waals surface area contributed by atoms with Crippen molar-refractivity contribution in [3.63, 3.8) is 0 Å². The van der Waals surface area contributed by atoms with E-state index in [1.54, 1.807) is 0 Å². The molecule has 1 aliphatic heterocycles. The Hall–Kier alpha value is -0.630. The molecule has 1 N–H and O–H groups in total. The van der Waals surface area contributed by atoms with E-state index >= 15 is 0 Å². The molecule has 0 unspecified atom stereocenters. The van der Waals surface area contributed by atoms with Crippen molar-refractivity contribution in [1.82, 2.24) is 0 Å². The number of ether oxygens (including phenoxy) is 2. The smallest absolute Gasteiger partial charge is 0.163 e. The molecule has 1 fully saturated rings. The third-order valence-corrected chi connectivity index (χ3v) is 2.37. The number of aliphatic hydroxyl groups excluding tert-OH is 1.